The van der Waals surface area contributed by atoms with Crippen LogP contribution in [-0.2, 0) is 0 Å². The van der Waals surface area contributed by atoms with Crippen molar-refractivity contribution >= 4 is 38.6 Å². The molecule has 9 rings (SSSR count). The molecule has 0 N–H and O–H groups in total. The molecular formula is C50H35N. The molecule has 0 aliphatic rings. The predicted molar refractivity (Wildman–Crippen MR) is 218 cm³/mol. The highest BCUT2D eigenvalue weighted by molar-refractivity contribution is 6.13. The Kier molecular flexibility index (Phi) is 7.92. The third-order valence-electron chi connectivity index (χ3n) is 9.89. The van der Waals surface area contributed by atoms with Crippen molar-refractivity contribution in [2.45, 2.75) is 0 Å². The van der Waals surface area contributed by atoms with Crippen LogP contribution in [0.3, 0.4) is 0 Å². The van der Waals surface area contributed by atoms with Crippen LogP contribution in [0, 0.1) is 0 Å². The van der Waals surface area contributed by atoms with E-state index >= 15 is 0 Å². The molecule has 0 saturated carbocycles. The molecule has 0 amide bonds. The third kappa shape index (κ3) is 5.96. The van der Waals surface area contributed by atoms with Gasteiger partial charge in [0.15, 0.2) is 0 Å². The Hall–Kier alpha value is -6.70. The van der Waals surface area contributed by atoms with Crippen molar-refractivity contribution in [2.24, 2.45) is 0 Å². The van der Waals surface area contributed by atoms with E-state index in [1.165, 1.54) is 66.1 Å². The molecule has 0 unspecified atom stereocenters. The molecular weight excluding hydrogens is 615 g/mol. The molecule has 0 heterocycles. The van der Waals surface area contributed by atoms with Crippen LogP contribution in [-0.4, -0.2) is 0 Å². The Morgan fingerprint density at radius 2 is 0.569 bits per heavy atom. The number of hydrogen-bond acceptors (Lipinski definition) is 1. The molecule has 0 saturated heterocycles. The number of anilines is 3. The predicted octanol–water partition coefficient (Wildman–Crippen LogP) is 14.1. The van der Waals surface area contributed by atoms with Crippen molar-refractivity contribution in [3.05, 3.63) is 212 Å². The van der Waals surface area contributed by atoms with E-state index in [0.29, 0.717) is 0 Å². The van der Waals surface area contributed by atoms with Crippen LogP contribution in [0.4, 0.5) is 17.1 Å². The second-order valence-electron chi connectivity index (χ2n) is 13.0. The minimum Gasteiger partial charge on any atom is -0.311 e. The molecule has 51 heavy (non-hydrogen) atoms. The summed E-state index contributed by atoms with van der Waals surface area (Å²) in [6, 6.07) is 76.5. The molecule has 0 bridgehead atoms. The molecule has 0 atom stereocenters. The monoisotopic (exact) mass is 649 g/mol. The second kappa shape index (κ2) is 13.3. The molecule has 1 heteroatoms. The van der Waals surface area contributed by atoms with Gasteiger partial charge in [-0.25, -0.2) is 0 Å². The zero-order valence-electron chi connectivity index (χ0n) is 28.2. The summed E-state index contributed by atoms with van der Waals surface area (Å²) in [5.41, 5.74) is 13.0. The SMILES string of the molecule is c1ccc(-c2ccc(N(c3ccc(-c4ccccc4)cc3)c3ccc(-c4ccc(-c5cc6ccccc6c6ccccc56)cc4)cc3)cc2)cc1. The van der Waals surface area contributed by atoms with E-state index in [-0.39, 0.29) is 0 Å². The van der Waals surface area contributed by atoms with Gasteiger partial charge in [0.2, 0.25) is 0 Å². The Morgan fingerprint density at radius 3 is 1.04 bits per heavy atom. The van der Waals surface area contributed by atoms with E-state index in [0.717, 1.165) is 17.1 Å². The van der Waals surface area contributed by atoms with Gasteiger partial charge in [0, 0.05) is 17.1 Å². The average molecular weight is 650 g/mol. The van der Waals surface area contributed by atoms with Gasteiger partial charge < -0.3 is 4.90 Å². The Bertz CT molecular complexity index is 2490. The minimum atomic E-state index is 1.11. The molecule has 0 spiro atoms. The number of benzene rings is 9. The van der Waals surface area contributed by atoms with Crippen LogP contribution in [0.5, 0.6) is 0 Å². The first-order chi connectivity index (χ1) is 25.3. The molecule has 0 radical (unpaired) electrons. The lowest BCUT2D eigenvalue weighted by Crippen LogP contribution is -2.09. The maximum Gasteiger partial charge on any atom is 0.0462 e. The van der Waals surface area contributed by atoms with E-state index in [4.69, 9.17) is 0 Å². The van der Waals surface area contributed by atoms with Gasteiger partial charge in [-0.3, -0.25) is 0 Å². The summed E-state index contributed by atoms with van der Waals surface area (Å²) in [4.78, 5) is 2.33. The number of hydrogen-bond donors (Lipinski definition) is 0. The highest BCUT2D eigenvalue weighted by Gasteiger charge is 2.14. The highest BCUT2D eigenvalue weighted by atomic mass is 15.1. The van der Waals surface area contributed by atoms with Gasteiger partial charge in [0.1, 0.15) is 0 Å². The first-order valence-corrected chi connectivity index (χ1v) is 17.5. The summed E-state index contributed by atoms with van der Waals surface area (Å²) < 4.78 is 0. The molecule has 0 aliphatic carbocycles. The van der Waals surface area contributed by atoms with Gasteiger partial charge in [-0.2, -0.15) is 0 Å². The Labute approximate surface area is 299 Å². The number of nitrogens with zero attached hydrogens (tertiary/aromatic N) is 1. The van der Waals surface area contributed by atoms with Gasteiger partial charge in [0.05, 0.1) is 0 Å². The van der Waals surface area contributed by atoms with Gasteiger partial charge in [-0.15, -0.1) is 0 Å². The normalized spacial score (nSPS) is 11.1. The molecule has 0 aromatic heterocycles. The van der Waals surface area contributed by atoms with Crippen LogP contribution in [0.15, 0.2) is 212 Å². The van der Waals surface area contributed by atoms with Crippen molar-refractivity contribution in [1.82, 2.24) is 0 Å². The highest BCUT2D eigenvalue weighted by Crippen LogP contribution is 2.39. The molecule has 9 aromatic rings. The average Bonchev–Trinajstić information content (AvgIpc) is 3.22. The molecule has 1 nitrogen and oxygen atoms in total. The van der Waals surface area contributed by atoms with Crippen LogP contribution in [0.2, 0.25) is 0 Å². The number of fused-ring (bicyclic) bond motifs is 3. The summed E-state index contributed by atoms with van der Waals surface area (Å²) in [5, 5.41) is 5.13. The lowest BCUT2D eigenvalue weighted by Gasteiger charge is -2.26. The van der Waals surface area contributed by atoms with E-state index in [1.807, 2.05) is 0 Å². The van der Waals surface area contributed by atoms with E-state index in [2.05, 4.69) is 217 Å². The summed E-state index contributed by atoms with van der Waals surface area (Å²) in [6.07, 6.45) is 0. The van der Waals surface area contributed by atoms with Crippen molar-refractivity contribution < 1.29 is 0 Å². The molecule has 240 valence electrons. The van der Waals surface area contributed by atoms with Gasteiger partial charge >= 0.3 is 0 Å². The topological polar surface area (TPSA) is 3.24 Å². The Balaban J connectivity index is 1.05. The van der Waals surface area contributed by atoms with Crippen molar-refractivity contribution in [3.63, 3.8) is 0 Å². The summed E-state index contributed by atoms with van der Waals surface area (Å²) >= 11 is 0. The van der Waals surface area contributed by atoms with Crippen LogP contribution in [0.1, 0.15) is 0 Å². The standard InChI is InChI=1S/C50H35N/c1-3-11-36(12-4-1)39-23-29-44(30-24-39)51(45-31-25-40(26-32-45)37-13-5-2-6-14-37)46-33-27-41(28-34-46)38-19-21-42(22-20-38)50-35-43-15-7-8-16-47(43)48-17-9-10-18-49(48)50/h1-35H. The molecule has 9 aromatic carbocycles. The fourth-order valence-electron chi connectivity index (χ4n) is 7.25. The first kappa shape index (κ1) is 30.4. The van der Waals surface area contributed by atoms with E-state index in [9.17, 15) is 0 Å². The summed E-state index contributed by atoms with van der Waals surface area (Å²) in [7, 11) is 0. The maximum absolute atomic E-state index is 2.33. The van der Waals surface area contributed by atoms with Gasteiger partial charge in [-0.05, 0) is 109 Å². The van der Waals surface area contributed by atoms with E-state index < -0.39 is 0 Å². The first-order valence-electron chi connectivity index (χ1n) is 17.5. The van der Waals surface area contributed by atoms with Crippen molar-refractivity contribution in [2.75, 3.05) is 4.90 Å². The van der Waals surface area contributed by atoms with Crippen LogP contribution in [0.25, 0.3) is 66.1 Å². The number of rotatable bonds is 7. The zero-order chi connectivity index (χ0) is 34.0. The van der Waals surface area contributed by atoms with Crippen LogP contribution < -0.4 is 4.90 Å². The minimum absolute atomic E-state index is 1.11. The van der Waals surface area contributed by atoms with Gasteiger partial charge in [0.25, 0.3) is 0 Å². The fourth-order valence-corrected chi connectivity index (χ4v) is 7.25. The van der Waals surface area contributed by atoms with Crippen molar-refractivity contribution in [1.29, 1.82) is 0 Å². The summed E-state index contributed by atoms with van der Waals surface area (Å²) in [6.45, 7) is 0. The summed E-state index contributed by atoms with van der Waals surface area (Å²) in [5.74, 6) is 0. The molecule has 0 aliphatic heterocycles. The smallest absolute Gasteiger partial charge is 0.0462 e. The van der Waals surface area contributed by atoms with E-state index in [1.54, 1.807) is 0 Å². The lowest BCUT2D eigenvalue weighted by molar-refractivity contribution is 1.28. The van der Waals surface area contributed by atoms with Crippen molar-refractivity contribution in [3.8, 4) is 44.5 Å². The lowest BCUT2D eigenvalue weighted by atomic mass is 9.92. The zero-order valence-corrected chi connectivity index (χ0v) is 28.2. The van der Waals surface area contributed by atoms with Crippen LogP contribution >= 0.6 is 0 Å². The molecule has 0 fully saturated rings. The largest absolute Gasteiger partial charge is 0.311 e. The fraction of sp³-hybridized carbons (Fsp3) is 0. The quantitative estimate of drug-likeness (QED) is 0.155. The maximum atomic E-state index is 2.33. The second-order valence-corrected chi connectivity index (χ2v) is 13.0. The third-order valence-corrected chi connectivity index (χ3v) is 9.89. The van der Waals surface area contributed by atoms with Gasteiger partial charge in [-0.1, -0.05) is 170 Å². The Morgan fingerprint density at radius 1 is 0.235 bits per heavy atom.